The molecule has 0 saturated heterocycles. The summed E-state index contributed by atoms with van der Waals surface area (Å²) in [6, 6.07) is 15.3. The van der Waals surface area contributed by atoms with E-state index < -0.39 is 0 Å². The minimum atomic E-state index is -0.217. The number of fused-ring (bicyclic) bond motifs is 1. The van der Waals surface area contributed by atoms with Crippen molar-refractivity contribution in [2.75, 3.05) is 19.1 Å². The second-order valence-corrected chi connectivity index (χ2v) is 8.71. The molecule has 1 aliphatic heterocycles. The Morgan fingerprint density at radius 1 is 1.03 bits per heavy atom. The van der Waals surface area contributed by atoms with E-state index >= 15 is 0 Å². The molecule has 0 atom stereocenters. The standard InChI is InChI=1S/C27H21NO3S/c1-5-28(3)20-12-10-18(24(16-20)31-4)11-13-21-15-19(14-17(2)32-21)25-26(29)22-8-6-7-9-23(22)27(25)30/h1,6-16H,2-4H3. The zero-order valence-electron chi connectivity index (χ0n) is 18.0. The summed E-state index contributed by atoms with van der Waals surface area (Å²) in [6.07, 6.45) is 13.2. The zero-order valence-corrected chi connectivity index (χ0v) is 18.8. The van der Waals surface area contributed by atoms with Crippen LogP contribution < -0.4 is 9.64 Å². The number of benzene rings is 2. The van der Waals surface area contributed by atoms with Crippen LogP contribution in [-0.2, 0) is 0 Å². The number of rotatable bonds is 4. The van der Waals surface area contributed by atoms with E-state index in [4.69, 9.17) is 11.2 Å². The Bertz CT molecular complexity index is 1270. The van der Waals surface area contributed by atoms with Crippen molar-refractivity contribution in [3.63, 3.8) is 0 Å². The van der Waals surface area contributed by atoms with E-state index in [1.54, 1.807) is 48.0 Å². The number of hydrogen-bond acceptors (Lipinski definition) is 5. The third-order valence-electron chi connectivity index (χ3n) is 5.32. The Kier molecular flexibility index (Phi) is 5.89. The maximum atomic E-state index is 12.9. The summed E-state index contributed by atoms with van der Waals surface area (Å²) in [5, 5.41) is 0. The van der Waals surface area contributed by atoms with Gasteiger partial charge in [-0.1, -0.05) is 48.5 Å². The van der Waals surface area contributed by atoms with Crippen molar-refractivity contribution in [2.45, 2.75) is 6.92 Å². The summed E-state index contributed by atoms with van der Waals surface area (Å²) in [6.45, 7) is 1.97. The molecule has 5 heteroatoms. The highest BCUT2D eigenvalue weighted by molar-refractivity contribution is 8.06. The maximum absolute atomic E-state index is 12.9. The molecular weight excluding hydrogens is 418 g/mol. The Morgan fingerprint density at radius 3 is 2.34 bits per heavy atom. The first-order valence-electron chi connectivity index (χ1n) is 9.99. The molecule has 0 saturated carbocycles. The lowest BCUT2D eigenvalue weighted by molar-refractivity contribution is 0.0988. The van der Waals surface area contributed by atoms with Gasteiger partial charge in [-0.15, -0.1) is 0 Å². The molecule has 1 aliphatic carbocycles. The van der Waals surface area contributed by atoms with Gasteiger partial charge in [0, 0.05) is 40.8 Å². The number of hydrogen-bond donors (Lipinski definition) is 0. The van der Waals surface area contributed by atoms with Gasteiger partial charge in [0.05, 0.1) is 18.4 Å². The maximum Gasteiger partial charge on any atom is 0.198 e. The molecule has 0 bridgehead atoms. The van der Waals surface area contributed by atoms with Crippen LogP contribution in [0.1, 0.15) is 33.2 Å². The first-order valence-corrected chi connectivity index (χ1v) is 10.8. The molecule has 1 heterocycles. The zero-order chi connectivity index (χ0) is 22.8. The first-order chi connectivity index (χ1) is 15.4. The predicted molar refractivity (Wildman–Crippen MR) is 131 cm³/mol. The fraction of sp³-hybridized carbons (Fsp3) is 0.111. The lowest BCUT2D eigenvalue weighted by atomic mass is 10.0. The summed E-state index contributed by atoms with van der Waals surface area (Å²) < 4.78 is 5.53. The van der Waals surface area contributed by atoms with Crippen molar-refractivity contribution in [3.8, 4) is 18.2 Å². The fourth-order valence-corrected chi connectivity index (χ4v) is 4.57. The molecular formula is C27H21NO3S. The van der Waals surface area contributed by atoms with E-state index in [9.17, 15) is 9.59 Å². The number of carbonyl (C=O) groups excluding carboxylic acids is 2. The number of thioether (sulfide) groups is 1. The molecule has 0 fully saturated rings. The third-order valence-corrected chi connectivity index (χ3v) is 6.25. The van der Waals surface area contributed by atoms with Gasteiger partial charge in [-0.3, -0.25) is 9.59 Å². The van der Waals surface area contributed by atoms with Gasteiger partial charge in [-0.2, -0.15) is 0 Å². The smallest absolute Gasteiger partial charge is 0.198 e. The van der Waals surface area contributed by atoms with Gasteiger partial charge < -0.3 is 9.64 Å². The molecule has 2 aromatic rings. The van der Waals surface area contributed by atoms with Crippen LogP contribution >= 0.6 is 11.8 Å². The van der Waals surface area contributed by atoms with Crippen molar-refractivity contribution in [2.24, 2.45) is 0 Å². The van der Waals surface area contributed by atoms with Crippen molar-refractivity contribution < 1.29 is 14.3 Å². The number of Topliss-reactive ketones (excluding diaryl/α,β-unsaturated/α-hetero) is 2. The SMILES string of the molecule is C#CN(C)c1ccc(C=CC2=CC(=C3C(=O)c4ccccc4C3=O)C=C(C)S2)c(OC)c1. The van der Waals surface area contributed by atoms with Gasteiger partial charge in [0.15, 0.2) is 11.6 Å². The van der Waals surface area contributed by atoms with Gasteiger partial charge in [-0.05, 0) is 47.8 Å². The lowest BCUT2D eigenvalue weighted by Crippen LogP contribution is -2.08. The highest BCUT2D eigenvalue weighted by Gasteiger charge is 2.34. The quantitative estimate of drug-likeness (QED) is 0.267. The highest BCUT2D eigenvalue weighted by Crippen LogP contribution is 2.38. The molecule has 0 amide bonds. The van der Waals surface area contributed by atoms with Crippen LogP contribution in [0.15, 0.2) is 81.6 Å². The van der Waals surface area contributed by atoms with E-state index in [1.807, 2.05) is 56.5 Å². The summed E-state index contributed by atoms with van der Waals surface area (Å²) in [5.41, 5.74) is 3.57. The Hall–Kier alpha value is -3.75. The number of terminal acetylenes is 1. The first kappa shape index (κ1) is 21.5. The average molecular weight is 440 g/mol. The van der Waals surface area contributed by atoms with Gasteiger partial charge in [0.2, 0.25) is 0 Å². The second-order valence-electron chi connectivity index (χ2n) is 7.39. The Labute approximate surface area is 192 Å². The summed E-state index contributed by atoms with van der Waals surface area (Å²) in [5.74, 6) is 0.266. The summed E-state index contributed by atoms with van der Waals surface area (Å²) in [4.78, 5) is 29.4. The fourth-order valence-electron chi connectivity index (χ4n) is 3.69. The molecule has 4 nitrogen and oxygen atoms in total. The number of ketones is 2. The topological polar surface area (TPSA) is 46.6 Å². The molecule has 0 radical (unpaired) electrons. The molecule has 32 heavy (non-hydrogen) atoms. The molecule has 158 valence electrons. The number of allylic oxidation sites excluding steroid dienone is 6. The van der Waals surface area contributed by atoms with E-state index in [0.29, 0.717) is 22.4 Å². The molecule has 2 aliphatic rings. The Balaban J connectivity index is 1.69. The largest absolute Gasteiger partial charge is 0.496 e. The van der Waals surface area contributed by atoms with Crippen LogP contribution in [-0.4, -0.2) is 25.7 Å². The van der Waals surface area contributed by atoms with Gasteiger partial charge in [-0.25, -0.2) is 0 Å². The van der Waals surface area contributed by atoms with E-state index in [1.165, 1.54) is 0 Å². The number of nitrogens with zero attached hydrogens (tertiary/aromatic N) is 1. The number of carbonyl (C=O) groups is 2. The monoisotopic (exact) mass is 439 g/mol. The molecule has 0 N–H and O–H groups in total. The Morgan fingerprint density at radius 2 is 1.72 bits per heavy atom. The van der Waals surface area contributed by atoms with E-state index in [2.05, 4.69) is 6.04 Å². The van der Waals surface area contributed by atoms with Crippen LogP contribution in [0.25, 0.3) is 6.08 Å². The molecule has 2 aromatic carbocycles. The van der Waals surface area contributed by atoms with Crippen LogP contribution in [0.2, 0.25) is 0 Å². The second kappa shape index (κ2) is 8.78. The van der Waals surface area contributed by atoms with Gasteiger partial charge >= 0.3 is 0 Å². The van der Waals surface area contributed by atoms with Crippen molar-refractivity contribution in [1.29, 1.82) is 0 Å². The predicted octanol–water partition coefficient (Wildman–Crippen LogP) is 5.65. The molecule has 0 unspecified atom stereocenters. The van der Waals surface area contributed by atoms with Crippen LogP contribution in [0.5, 0.6) is 5.75 Å². The lowest BCUT2D eigenvalue weighted by Gasteiger charge is -2.14. The number of anilines is 1. The van der Waals surface area contributed by atoms with Crippen LogP contribution in [0.4, 0.5) is 5.69 Å². The van der Waals surface area contributed by atoms with Crippen LogP contribution in [0, 0.1) is 12.5 Å². The normalized spacial score (nSPS) is 15.4. The minimum Gasteiger partial charge on any atom is -0.496 e. The van der Waals surface area contributed by atoms with Crippen molar-refractivity contribution >= 4 is 35.1 Å². The molecule has 0 spiro atoms. The van der Waals surface area contributed by atoms with E-state index in [0.717, 1.165) is 21.1 Å². The number of ether oxygens (including phenoxy) is 1. The van der Waals surface area contributed by atoms with Crippen LogP contribution in [0.3, 0.4) is 0 Å². The van der Waals surface area contributed by atoms with Gasteiger partial charge in [0.25, 0.3) is 0 Å². The number of methoxy groups -OCH3 is 1. The minimum absolute atomic E-state index is 0.217. The highest BCUT2D eigenvalue weighted by atomic mass is 32.2. The van der Waals surface area contributed by atoms with E-state index in [-0.39, 0.29) is 17.1 Å². The van der Waals surface area contributed by atoms with Crippen molar-refractivity contribution in [1.82, 2.24) is 0 Å². The van der Waals surface area contributed by atoms with Gasteiger partial charge in [0.1, 0.15) is 5.75 Å². The molecule has 0 aromatic heterocycles. The average Bonchev–Trinajstić information content (AvgIpc) is 3.06. The third kappa shape index (κ3) is 3.93. The summed E-state index contributed by atoms with van der Waals surface area (Å²) in [7, 11) is 3.42. The summed E-state index contributed by atoms with van der Waals surface area (Å²) >= 11 is 1.58. The molecule has 4 rings (SSSR count). The van der Waals surface area contributed by atoms with Crippen molar-refractivity contribution in [3.05, 3.63) is 98.3 Å².